The van der Waals surface area contributed by atoms with Crippen molar-refractivity contribution in [2.24, 2.45) is 11.8 Å². The quantitative estimate of drug-likeness (QED) is 0.161. The third-order valence-corrected chi connectivity index (χ3v) is 16.5. The Morgan fingerprint density at radius 1 is 0.614 bits per heavy atom. The minimum absolute atomic E-state index is 0. The molecule has 300 valence electrons. The molecule has 0 radical (unpaired) electrons. The average Bonchev–Trinajstić information content (AvgIpc) is 4.07. The summed E-state index contributed by atoms with van der Waals surface area (Å²) in [4.78, 5) is 30.4. The number of carbonyl (C=O) groups excluding carboxylic acids is 1. The van der Waals surface area contributed by atoms with Crippen molar-refractivity contribution in [3.8, 4) is 0 Å². The maximum Gasteiger partial charge on any atom is 1.00 e. The molecule has 0 amide bonds. The molecule has 4 aliphatic carbocycles. The van der Waals surface area contributed by atoms with Gasteiger partial charge in [-0.05, 0) is 163 Å². The van der Waals surface area contributed by atoms with E-state index in [2.05, 4.69) is 79.0 Å². The van der Waals surface area contributed by atoms with Gasteiger partial charge in [-0.15, -0.1) is 22.7 Å². The van der Waals surface area contributed by atoms with Crippen LogP contribution < -0.4 is 44.5 Å². The molecule has 0 aliphatic heterocycles. The van der Waals surface area contributed by atoms with Gasteiger partial charge in [0.05, 0.1) is 21.5 Å². The Kier molecular flexibility index (Phi) is 12.4. The van der Waals surface area contributed by atoms with E-state index in [9.17, 15) is 19.8 Å². The molecule has 2 saturated carbocycles. The van der Waals surface area contributed by atoms with Crippen molar-refractivity contribution in [2.45, 2.75) is 142 Å². The van der Waals surface area contributed by atoms with Crippen LogP contribution in [0.4, 0.5) is 21.4 Å². The molecule has 57 heavy (non-hydrogen) atoms. The smallest absolute Gasteiger partial charge is 0.545 e. The molecule has 0 spiro atoms. The third kappa shape index (κ3) is 8.96. The molecule has 0 atom stereocenters. The van der Waals surface area contributed by atoms with Crippen LogP contribution in [0.15, 0.2) is 48.5 Å². The normalized spacial score (nSPS) is 19.5. The van der Waals surface area contributed by atoms with Gasteiger partial charge in [0.15, 0.2) is 0 Å². The van der Waals surface area contributed by atoms with Crippen LogP contribution in [0.1, 0.15) is 159 Å². The van der Waals surface area contributed by atoms with Crippen LogP contribution in [0, 0.1) is 25.7 Å². The molecule has 4 aromatic rings. The van der Waals surface area contributed by atoms with E-state index in [4.69, 9.17) is 0 Å². The predicted molar refractivity (Wildman–Crippen MR) is 232 cm³/mol. The number of carboxylic acids is 2. The van der Waals surface area contributed by atoms with Gasteiger partial charge in [0, 0.05) is 34.2 Å². The fourth-order valence-corrected chi connectivity index (χ4v) is 12.4. The summed E-state index contributed by atoms with van der Waals surface area (Å²) in [5.41, 5.74) is 9.52. The summed E-state index contributed by atoms with van der Waals surface area (Å²) in [6, 6.07) is 14.6. The number of hydrogen-bond donors (Lipinski definition) is 1. The van der Waals surface area contributed by atoms with E-state index in [1.807, 2.05) is 46.9 Å². The molecule has 1 N–H and O–H groups in total. The minimum Gasteiger partial charge on any atom is -0.545 e. The Morgan fingerprint density at radius 2 is 0.947 bits per heavy atom. The summed E-state index contributed by atoms with van der Waals surface area (Å²) in [6.45, 7) is 25.6. The largest absolute Gasteiger partial charge is 1.00 e. The van der Waals surface area contributed by atoms with Gasteiger partial charge in [-0.1, -0.05) is 67.5 Å². The van der Waals surface area contributed by atoms with E-state index in [-0.39, 0.29) is 56.8 Å². The van der Waals surface area contributed by atoms with Crippen LogP contribution in [-0.4, -0.2) is 30.1 Å². The molecule has 2 aromatic heterocycles. The summed E-state index contributed by atoms with van der Waals surface area (Å²) in [5.74, 6) is -0.503. The van der Waals surface area contributed by atoms with Crippen molar-refractivity contribution in [1.82, 2.24) is 0 Å². The molecule has 6 nitrogen and oxygen atoms in total. The van der Waals surface area contributed by atoms with Gasteiger partial charge in [0.2, 0.25) is 0 Å². The number of thiophene rings is 2. The van der Waals surface area contributed by atoms with Crippen molar-refractivity contribution >= 4 is 56.0 Å². The van der Waals surface area contributed by atoms with Gasteiger partial charge < -0.3 is 24.8 Å². The molecule has 2 fully saturated rings. The monoisotopic (exact) mass is 816 g/mol. The minimum atomic E-state index is -1.12. The Labute approximate surface area is 371 Å². The van der Waals surface area contributed by atoms with Crippen molar-refractivity contribution in [1.29, 1.82) is 0 Å². The first kappa shape index (κ1) is 43.9. The van der Waals surface area contributed by atoms with Crippen molar-refractivity contribution in [3.63, 3.8) is 0 Å². The average molecular weight is 817 g/mol. The van der Waals surface area contributed by atoms with Gasteiger partial charge in [-0.3, -0.25) is 0 Å². The fraction of sp³-hybridized carbons (Fsp3) is 0.542. The first-order chi connectivity index (χ1) is 26.2. The number of aromatic carboxylic acids is 2. The Hall–Kier alpha value is -2.62. The van der Waals surface area contributed by atoms with Gasteiger partial charge in [0.25, 0.3) is 0 Å². The summed E-state index contributed by atoms with van der Waals surface area (Å²) in [7, 11) is 0. The van der Waals surface area contributed by atoms with Gasteiger partial charge in [-0.2, -0.15) is 0 Å². The molecule has 4 aliphatic rings. The second-order valence-corrected chi connectivity index (χ2v) is 21.8. The fourth-order valence-electron chi connectivity index (χ4n) is 9.12. The number of carboxylic acid groups (broad SMARTS) is 2. The molecular formula is C48H61N2NaO4S2. The molecule has 0 saturated heterocycles. The Bertz CT molecular complexity index is 1970. The van der Waals surface area contributed by atoms with Crippen LogP contribution in [0.2, 0.25) is 0 Å². The first-order valence-corrected chi connectivity index (χ1v) is 22.3. The molecular weight excluding hydrogens is 756 g/mol. The van der Waals surface area contributed by atoms with Crippen LogP contribution >= 0.6 is 22.7 Å². The van der Waals surface area contributed by atoms with Gasteiger partial charge in [-0.25, -0.2) is 4.79 Å². The molecule has 0 unspecified atom stereocenters. The zero-order valence-electron chi connectivity index (χ0n) is 36.2. The second-order valence-electron chi connectivity index (χ2n) is 19.8. The molecule has 0 bridgehead atoms. The number of fused-ring (bicyclic) bond motifs is 2. The first-order valence-electron chi connectivity index (χ1n) is 20.7. The maximum absolute atomic E-state index is 11.3. The van der Waals surface area contributed by atoms with Gasteiger partial charge >= 0.3 is 35.5 Å². The number of carbonyl (C=O) groups is 2. The zero-order valence-corrected chi connectivity index (χ0v) is 39.9. The zero-order chi connectivity index (χ0) is 40.5. The van der Waals surface area contributed by atoms with Crippen molar-refractivity contribution in [3.05, 3.63) is 91.7 Å². The Morgan fingerprint density at radius 3 is 1.25 bits per heavy atom. The van der Waals surface area contributed by atoms with Crippen LogP contribution in [0.3, 0.4) is 0 Å². The third-order valence-electron chi connectivity index (χ3n) is 13.2. The van der Waals surface area contributed by atoms with E-state index < -0.39 is 11.9 Å². The number of benzene rings is 2. The summed E-state index contributed by atoms with van der Waals surface area (Å²) >= 11 is 3.92. The van der Waals surface area contributed by atoms with Gasteiger partial charge in [0.1, 0.15) is 0 Å². The van der Waals surface area contributed by atoms with Crippen LogP contribution in [-0.2, 0) is 21.7 Å². The second kappa shape index (κ2) is 16.1. The summed E-state index contributed by atoms with van der Waals surface area (Å²) in [5, 5.41) is 23.1. The van der Waals surface area contributed by atoms with E-state index in [1.54, 1.807) is 34.7 Å². The standard InChI is InChI=1S/2C24H31NO2S.Na/c2*1-15-19-20(24(4,5)13-12-23(19,2)3)28-21(15)25(14-16-6-7-16)18-10-8-17(9-11-18)22(26)27;/h2*8-11,16H,6-7,12-14H2,1-5H3,(H,26,27);/q;;+1/p-1. The van der Waals surface area contributed by atoms with Crippen molar-refractivity contribution < 1.29 is 49.4 Å². The Balaban J connectivity index is 0.000000189. The number of rotatable bonds is 10. The predicted octanol–water partition coefficient (Wildman–Crippen LogP) is 8.97. The SMILES string of the molecule is Cc1c(N(CC2CC2)c2ccc(C(=O)O)cc2)sc2c1C(C)(C)CCC2(C)C.Cc1c(N(CC2CC2)c2ccc(C(=O)[O-])cc2)sc2c1C(C)(C)CCC2(C)C.[Na+]. The molecule has 8 rings (SSSR count). The summed E-state index contributed by atoms with van der Waals surface area (Å²) < 4.78 is 0. The maximum atomic E-state index is 11.3. The van der Waals surface area contributed by atoms with Crippen LogP contribution in [0.5, 0.6) is 0 Å². The molecule has 9 heteroatoms. The number of nitrogens with zero attached hydrogens (tertiary/aromatic N) is 2. The van der Waals surface area contributed by atoms with E-state index in [0.717, 1.165) is 36.3 Å². The molecule has 2 aromatic carbocycles. The summed E-state index contributed by atoms with van der Waals surface area (Å²) in [6.07, 6.45) is 10.0. The van der Waals surface area contributed by atoms with Crippen LogP contribution in [0.25, 0.3) is 0 Å². The number of anilines is 4. The van der Waals surface area contributed by atoms with E-state index in [0.29, 0.717) is 5.56 Å². The van der Waals surface area contributed by atoms with E-state index in [1.165, 1.54) is 82.9 Å². The molecule has 2 heterocycles. The van der Waals surface area contributed by atoms with E-state index >= 15 is 0 Å². The number of hydrogen-bond acceptors (Lipinski definition) is 7. The van der Waals surface area contributed by atoms with Crippen molar-refractivity contribution in [2.75, 3.05) is 22.9 Å². The topological polar surface area (TPSA) is 83.9 Å².